The molecule has 5 unspecified atom stereocenters. The summed E-state index contributed by atoms with van der Waals surface area (Å²) in [6.45, 7) is 2.78. The van der Waals surface area contributed by atoms with E-state index < -0.39 is 54.5 Å². The topological polar surface area (TPSA) is 228 Å². The van der Waals surface area contributed by atoms with Gasteiger partial charge in [0.05, 0.1) is 25.3 Å². The Hall–Kier alpha value is -3.78. The molecule has 3 amide bonds. The van der Waals surface area contributed by atoms with Crippen LogP contribution in [-0.4, -0.2) is 84.6 Å². The molecule has 0 aliphatic rings. The Morgan fingerprint density at radius 2 is 1.51 bits per heavy atom. The van der Waals surface area contributed by atoms with E-state index >= 15 is 0 Å². The minimum atomic E-state index is -1.55. The van der Waals surface area contributed by atoms with Crippen molar-refractivity contribution >= 4 is 23.7 Å². The average molecular weight is 493 g/mol. The van der Waals surface area contributed by atoms with Crippen molar-refractivity contribution in [2.45, 2.75) is 57.3 Å². The van der Waals surface area contributed by atoms with Crippen LogP contribution in [0.3, 0.4) is 0 Å². The van der Waals surface area contributed by atoms with Crippen molar-refractivity contribution in [3.63, 3.8) is 0 Å². The molecule has 35 heavy (non-hydrogen) atoms. The van der Waals surface area contributed by atoms with E-state index in [2.05, 4.69) is 35.9 Å². The number of carbonyl (C=O) groups excluding carboxylic acids is 3. The van der Waals surface area contributed by atoms with Gasteiger partial charge in [-0.05, 0) is 5.92 Å². The largest absolute Gasteiger partial charge is 0.480 e. The molecule has 0 saturated carbocycles. The number of nitrogens with one attached hydrogen (secondary N) is 5. The molecule has 5 atom stereocenters. The number of aromatic amines is 2. The second kappa shape index (κ2) is 13.2. The van der Waals surface area contributed by atoms with E-state index in [1.807, 2.05) is 6.92 Å². The van der Waals surface area contributed by atoms with Gasteiger partial charge in [-0.25, -0.2) is 14.8 Å². The number of aliphatic hydroxyl groups excluding tert-OH is 1. The molecular weight excluding hydrogens is 460 g/mol. The van der Waals surface area contributed by atoms with Crippen molar-refractivity contribution in [2.24, 2.45) is 11.7 Å². The number of carbonyl (C=O) groups is 4. The van der Waals surface area contributed by atoms with Gasteiger partial charge in [-0.2, -0.15) is 0 Å². The number of hydrogen-bond donors (Lipinski definition) is 8. The molecule has 14 nitrogen and oxygen atoms in total. The van der Waals surface area contributed by atoms with Crippen LogP contribution in [0, 0.1) is 5.92 Å². The van der Waals surface area contributed by atoms with E-state index in [1.165, 1.54) is 18.9 Å². The molecule has 2 aromatic heterocycles. The highest BCUT2D eigenvalue weighted by Gasteiger charge is 2.32. The second-order valence-corrected chi connectivity index (χ2v) is 8.18. The van der Waals surface area contributed by atoms with Gasteiger partial charge in [0.25, 0.3) is 0 Å². The van der Waals surface area contributed by atoms with E-state index in [-0.39, 0.29) is 18.8 Å². The molecule has 0 spiro atoms. The monoisotopic (exact) mass is 492 g/mol. The van der Waals surface area contributed by atoms with Crippen LogP contribution >= 0.6 is 0 Å². The normalized spacial score (nSPS) is 15.3. The molecule has 14 heteroatoms. The summed E-state index contributed by atoms with van der Waals surface area (Å²) in [7, 11) is 0. The first-order valence-electron chi connectivity index (χ1n) is 11.1. The highest BCUT2D eigenvalue weighted by atomic mass is 16.4. The summed E-state index contributed by atoms with van der Waals surface area (Å²) in [6.07, 6.45) is 6.54. The Morgan fingerprint density at radius 3 is 2.00 bits per heavy atom. The van der Waals surface area contributed by atoms with Gasteiger partial charge in [0.15, 0.2) is 0 Å². The summed E-state index contributed by atoms with van der Waals surface area (Å²) < 4.78 is 0. The van der Waals surface area contributed by atoms with Crippen molar-refractivity contribution < 1.29 is 29.4 Å². The molecule has 192 valence electrons. The predicted molar refractivity (Wildman–Crippen MR) is 123 cm³/mol. The quantitative estimate of drug-likeness (QED) is 0.143. The number of aliphatic hydroxyl groups is 1. The van der Waals surface area contributed by atoms with Crippen molar-refractivity contribution in [3.8, 4) is 0 Å². The zero-order valence-corrected chi connectivity index (χ0v) is 19.5. The van der Waals surface area contributed by atoms with Crippen LogP contribution in [0.5, 0.6) is 0 Å². The van der Waals surface area contributed by atoms with Crippen LogP contribution in [-0.2, 0) is 32.0 Å². The summed E-state index contributed by atoms with van der Waals surface area (Å²) in [5.41, 5.74) is 7.16. The smallest absolute Gasteiger partial charge is 0.328 e. The van der Waals surface area contributed by atoms with Crippen LogP contribution in [0.2, 0.25) is 0 Å². The van der Waals surface area contributed by atoms with Crippen molar-refractivity contribution in [3.05, 3.63) is 36.4 Å². The zero-order chi connectivity index (χ0) is 26.0. The lowest BCUT2D eigenvalue weighted by atomic mass is 9.97. The fourth-order valence-corrected chi connectivity index (χ4v) is 3.23. The van der Waals surface area contributed by atoms with Gasteiger partial charge >= 0.3 is 5.97 Å². The third-order valence-corrected chi connectivity index (χ3v) is 5.53. The molecule has 2 heterocycles. The maximum atomic E-state index is 13.2. The average Bonchev–Trinajstić information content (AvgIpc) is 3.53. The number of nitrogens with zero attached hydrogens (tertiary/aromatic N) is 2. The lowest BCUT2D eigenvalue weighted by Gasteiger charge is -2.27. The van der Waals surface area contributed by atoms with Crippen molar-refractivity contribution in [1.82, 2.24) is 35.9 Å². The van der Waals surface area contributed by atoms with Crippen LogP contribution < -0.4 is 21.7 Å². The Labute approximate surface area is 201 Å². The molecule has 2 aromatic rings. The standard InChI is InChI=1S/C21H32N8O6/c1-3-11(2)17(29-18(31)14(22)4-12-6-23-9-25-12)20(33)27-15(5-13-7-24-10-26-13)19(32)28-16(8-30)21(34)35/h6-7,9-11,14-17,30H,3-5,8,22H2,1-2H3,(H,23,25)(H,24,26)(H,27,33)(H,28,32)(H,29,31)(H,34,35). The number of aliphatic carboxylic acids is 1. The molecule has 0 aromatic carbocycles. The number of carboxylic acid groups (broad SMARTS) is 1. The van der Waals surface area contributed by atoms with Crippen molar-refractivity contribution in [2.75, 3.05) is 6.61 Å². The molecular formula is C21H32N8O6. The highest BCUT2D eigenvalue weighted by molar-refractivity contribution is 5.94. The fourth-order valence-electron chi connectivity index (χ4n) is 3.23. The minimum Gasteiger partial charge on any atom is -0.480 e. The van der Waals surface area contributed by atoms with Crippen LogP contribution in [0.15, 0.2) is 25.0 Å². The summed E-state index contributed by atoms with van der Waals surface area (Å²) in [4.78, 5) is 63.3. The molecule has 0 aliphatic carbocycles. The molecule has 0 saturated heterocycles. The van der Waals surface area contributed by atoms with Gasteiger partial charge in [0, 0.05) is 36.6 Å². The number of imidazole rings is 2. The number of carboxylic acids is 1. The predicted octanol–water partition coefficient (Wildman–Crippen LogP) is -2.18. The Kier molecular flexibility index (Phi) is 10.4. The van der Waals surface area contributed by atoms with Gasteiger partial charge in [0.1, 0.15) is 18.1 Å². The van der Waals surface area contributed by atoms with E-state index in [0.717, 1.165) is 0 Å². The van der Waals surface area contributed by atoms with Crippen LogP contribution in [0.4, 0.5) is 0 Å². The van der Waals surface area contributed by atoms with Gasteiger partial charge in [0.2, 0.25) is 17.7 Å². The molecule has 0 bridgehead atoms. The van der Waals surface area contributed by atoms with E-state index in [4.69, 9.17) is 10.8 Å². The molecule has 0 fully saturated rings. The SMILES string of the molecule is CCC(C)C(NC(=O)C(N)Cc1cnc[nH]1)C(=O)NC(Cc1cnc[nH]1)C(=O)NC(CO)C(=O)O. The lowest BCUT2D eigenvalue weighted by Crippen LogP contribution is -2.59. The van der Waals surface area contributed by atoms with Crippen LogP contribution in [0.1, 0.15) is 31.7 Å². The third kappa shape index (κ3) is 8.19. The Balaban J connectivity index is 2.15. The van der Waals surface area contributed by atoms with Crippen LogP contribution in [0.25, 0.3) is 0 Å². The third-order valence-electron chi connectivity index (χ3n) is 5.53. The van der Waals surface area contributed by atoms with Gasteiger partial charge in [-0.3, -0.25) is 14.4 Å². The maximum absolute atomic E-state index is 13.2. The first-order chi connectivity index (χ1) is 16.7. The number of rotatable bonds is 14. The van der Waals surface area contributed by atoms with E-state index in [1.54, 1.807) is 13.1 Å². The molecule has 0 aliphatic heterocycles. The molecule has 2 rings (SSSR count). The molecule has 9 N–H and O–H groups in total. The van der Waals surface area contributed by atoms with Crippen molar-refractivity contribution in [1.29, 1.82) is 0 Å². The lowest BCUT2D eigenvalue weighted by molar-refractivity contribution is -0.143. The second-order valence-electron chi connectivity index (χ2n) is 8.18. The summed E-state index contributed by atoms with van der Waals surface area (Å²) >= 11 is 0. The highest BCUT2D eigenvalue weighted by Crippen LogP contribution is 2.10. The fraction of sp³-hybridized carbons (Fsp3) is 0.524. The van der Waals surface area contributed by atoms with E-state index in [0.29, 0.717) is 17.8 Å². The number of aromatic nitrogens is 4. The van der Waals surface area contributed by atoms with E-state index in [9.17, 15) is 24.3 Å². The summed E-state index contributed by atoms with van der Waals surface area (Å²) in [5.74, 6) is -3.75. The summed E-state index contributed by atoms with van der Waals surface area (Å²) in [6, 6.07) is -4.71. The number of H-pyrrole nitrogens is 2. The maximum Gasteiger partial charge on any atom is 0.328 e. The number of hydrogen-bond acceptors (Lipinski definition) is 8. The molecule has 0 radical (unpaired) electrons. The van der Waals surface area contributed by atoms with Gasteiger partial charge < -0.3 is 41.9 Å². The summed E-state index contributed by atoms with van der Waals surface area (Å²) in [5, 5.41) is 25.8. The Bertz CT molecular complexity index is 965. The number of nitrogens with two attached hydrogens (primary N) is 1. The Morgan fingerprint density at radius 1 is 0.943 bits per heavy atom. The van der Waals surface area contributed by atoms with Gasteiger partial charge in [-0.1, -0.05) is 20.3 Å². The zero-order valence-electron chi connectivity index (χ0n) is 19.5. The first kappa shape index (κ1) is 27.5. The van der Waals surface area contributed by atoms with Gasteiger partial charge in [-0.15, -0.1) is 0 Å². The minimum absolute atomic E-state index is 0.0319. The number of amides is 3. The first-order valence-corrected chi connectivity index (χ1v) is 11.1.